The predicted octanol–water partition coefficient (Wildman–Crippen LogP) is 7.64. The Morgan fingerprint density at radius 1 is 1.17 bits per heavy atom. The molecule has 0 saturated heterocycles. The van der Waals surface area contributed by atoms with Crippen LogP contribution < -0.4 is 0 Å². The predicted molar refractivity (Wildman–Crippen MR) is 108 cm³/mol. The quantitative estimate of drug-likeness (QED) is 0.467. The fraction of sp³-hybridized carbons (Fsp3) is 0.667. The van der Waals surface area contributed by atoms with Crippen LogP contribution in [0.5, 0.6) is 0 Å². The third-order valence-corrected chi connectivity index (χ3v) is 5.90. The second-order valence-electron chi connectivity index (χ2n) is 9.31. The van der Waals surface area contributed by atoms with Crippen LogP contribution in [-0.4, -0.2) is 0 Å². The Morgan fingerprint density at radius 3 is 2.38 bits per heavy atom. The Bertz CT molecular complexity index is 586. The van der Waals surface area contributed by atoms with Gasteiger partial charge in [0.2, 0.25) is 0 Å². The standard InChI is InChI=1S/C24H38/c1-9-20-22(21-12-10-16(2)14-18(21)4)13-11-17(3)23(20)19(5)15-24(6,7)8/h10-11,15,18,21-22H,9,12-14H2,1-8H3/b19-15-. The number of hydrogen-bond donors (Lipinski definition) is 0. The molecule has 3 unspecified atom stereocenters. The Kier molecular flexibility index (Phi) is 6.00. The zero-order chi connectivity index (χ0) is 18.1. The molecular formula is C24H38. The zero-order valence-corrected chi connectivity index (χ0v) is 17.3. The van der Waals surface area contributed by atoms with Crippen LogP contribution in [-0.2, 0) is 0 Å². The van der Waals surface area contributed by atoms with Crippen molar-refractivity contribution in [3.05, 3.63) is 46.1 Å². The molecule has 0 bridgehead atoms. The zero-order valence-electron chi connectivity index (χ0n) is 17.3. The largest absolute Gasteiger partial charge is 0.0853 e. The maximum atomic E-state index is 2.51. The number of rotatable bonds is 3. The van der Waals surface area contributed by atoms with Gasteiger partial charge in [0.05, 0.1) is 0 Å². The molecule has 0 radical (unpaired) electrons. The Balaban J connectivity index is 2.44. The van der Waals surface area contributed by atoms with E-state index >= 15 is 0 Å². The molecule has 0 aromatic heterocycles. The molecule has 24 heavy (non-hydrogen) atoms. The molecule has 0 amide bonds. The van der Waals surface area contributed by atoms with Crippen molar-refractivity contribution in [3.63, 3.8) is 0 Å². The number of hydrogen-bond acceptors (Lipinski definition) is 0. The highest BCUT2D eigenvalue weighted by Crippen LogP contribution is 2.45. The van der Waals surface area contributed by atoms with Crippen LogP contribution in [0.3, 0.4) is 0 Å². The van der Waals surface area contributed by atoms with Gasteiger partial charge in [0.1, 0.15) is 0 Å². The monoisotopic (exact) mass is 326 g/mol. The van der Waals surface area contributed by atoms with Crippen molar-refractivity contribution in [2.75, 3.05) is 0 Å². The fourth-order valence-electron chi connectivity index (χ4n) is 5.02. The second-order valence-corrected chi connectivity index (χ2v) is 9.31. The van der Waals surface area contributed by atoms with Crippen LogP contribution in [0.25, 0.3) is 0 Å². The van der Waals surface area contributed by atoms with Gasteiger partial charge in [-0.2, -0.15) is 0 Å². The lowest BCUT2D eigenvalue weighted by Crippen LogP contribution is -2.28. The molecule has 2 aliphatic rings. The van der Waals surface area contributed by atoms with Crippen LogP contribution in [0.15, 0.2) is 46.1 Å². The average molecular weight is 327 g/mol. The van der Waals surface area contributed by atoms with Crippen molar-refractivity contribution in [1.82, 2.24) is 0 Å². The minimum absolute atomic E-state index is 0.237. The lowest BCUT2D eigenvalue weighted by Gasteiger charge is -2.39. The van der Waals surface area contributed by atoms with E-state index in [1.54, 1.807) is 16.7 Å². The van der Waals surface area contributed by atoms with E-state index in [1.165, 1.54) is 36.8 Å². The van der Waals surface area contributed by atoms with Gasteiger partial charge in [-0.3, -0.25) is 0 Å². The fourth-order valence-corrected chi connectivity index (χ4v) is 5.02. The molecule has 0 spiro atoms. The van der Waals surface area contributed by atoms with E-state index in [0.717, 1.165) is 17.8 Å². The normalized spacial score (nSPS) is 29.5. The van der Waals surface area contributed by atoms with E-state index in [9.17, 15) is 0 Å². The van der Waals surface area contributed by atoms with Crippen LogP contribution in [0, 0.1) is 23.2 Å². The van der Waals surface area contributed by atoms with E-state index in [4.69, 9.17) is 0 Å². The van der Waals surface area contributed by atoms with Crippen LogP contribution in [0.2, 0.25) is 0 Å². The maximum absolute atomic E-state index is 2.51. The van der Waals surface area contributed by atoms with Crippen molar-refractivity contribution >= 4 is 0 Å². The molecule has 0 nitrogen and oxygen atoms in total. The first-order chi connectivity index (χ1) is 11.1. The van der Waals surface area contributed by atoms with Gasteiger partial charge >= 0.3 is 0 Å². The van der Waals surface area contributed by atoms with Gasteiger partial charge in [-0.1, -0.05) is 64.0 Å². The summed E-state index contributed by atoms with van der Waals surface area (Å²) in [5.74, 6) is 2.35. The highest BCUT2D eigenvalue weighted by atomic mass is 14.4. The molecule has 0 aliphatic heterocycles. The molecule has 0 fully saturated rings. The Labute approximate surface area is 150 Å². The van der Waals surface area contributed by atoms with Crippen molar-refractivity contribution < 1.29 is 0 Å². The summed E-state index contributed by atoms with van der Waals surface area (Å²) in [7, 11) is 0. The SMILES string of the molecule is CCC1=C(/C(C)=C\C(C)(C)C)C(C)=CCC1C1CC=C(C)CC1C. The molecule has 0 aromatic carbocycles. The maximum Gasteiger partial charge on any atom is -0.0125 e. The van der Waals surface area contributed by atoms with Crippen LogP contribution >= 0.6 is 0 Å². The molecule has 0 heterocycles. The Hall–Kier alpha value is -1.04. The molecule has 2 rings (SSSR count). The first kappa shape index (κ1) is 19.3. The van der Waals surface area contributed by atoms with E-state index in [1.807, 2.05) is 0 Å². The average Bonchev–Trinajstić information content (AvgIpc) is 2.45. The summed E-state index contributed by atoms with van der Waals surface area (Å²) in [4.78, 5) is 0. The molecule has 0 N–H and O–H groups in total. The van der Waals surface area contributed by atoms with Crippen LogP contribution in [0.1, 0.15) is 81.1 Å². The van der Waals surface area contributed by atoms with Gasteiger partial charge < -0.3 is 0 Å². The summed E-state index contributed by atoms with van der Waals surface area (Å²) in [6, 6.07) is 0. The topological polar surface area (TPSA) is 0 Å². The van der Waals surface area contributed by atoms with Gasteiger partial charge in [0, 0.05) is 0 Å². The minimum atomic E-state index is 0.237. The lowest BCUT2D eigenvalue weighted by atomic mass is 9.66. The molecule has 0 aromatic rings. The summed E-state index contributed by atoms with van der Waals surface area (Å²) in [5, 5.41) is 0. The summed E-state index contributed by atoms with van der Waals surface area (Å²) < 4.78 is 0. The smallest absolute Gasteiger partial charge is 0.0125 e. The highest BCUT2D eigenvalue weighted by Gasteiger charge is 2.33. The molecule has 3 atom stereocenters. The summed E-state index contributed by atoms with van der Waals surface area (Å²) in [5.41, 5.74) is 8.10. The summed E-state index contributed by atoms with van der Waals surface area (Å²) >= 11 is 0. The van der Waals surface area contributed by atoms with Crippen molar-refractivity contribution in [2.45, 2.75) is 81.1 Å². The van der Waals surface area contributed by atoms with Crippen molar-refractivity contribution in [2.24, 2.45) is 23.2 Å². The third-order valence-electron chi connectivity index (χ3n) is 5.90. The van der Waals surface area contributed by atoms with Gasteiger partial charge in [0.25, 0.3) is 0 Å². The van der Waals surface area contributed by atoms with Crippen molar-refractivity contribution in [1.29, 1.82) is 0 Å². The second kappa shape index (κ2) is 7.46. The third kappa shape index (κ3) is 4.32. The molecule has 134 valence electrons. The van der Waals surface area contributed by atoms with E-state index in [0.29, 0.717) is 0 Å². The van der Waals surface area contributed by atoms with Gasteiger partial charge in [0.15, 0.2) is 0 Å². The van der Waals surface area contributed by atoms with E-state index in [2.05, 4.69) is 73.6 Å². The lowest BCUT2D eigenvalue weighted by molar-refractivity contribution is 0.251. The van der Waals surface area contributed by atoms with Gasteiger partial charge in [-0.25, -0.2) is 0 Å². The van der Waals surface area contributed by atoms with Gasteiger partial charge in [-0.05, 0) is 86.3 Å². The summed E-state index contributed by atoms with van der Waals surface area (Å²) in [6.07, 6.45) is 12.5. The first-order valence-corrected chi connectivity index (χ1v) is 9.89. The molecule has 0 saturated carbocycles. The summed E-state index contributed by atoms with van der Waals surface area (Å²) in [6.45, 7) is 18.7. The van der Waals surface area contributed by atoms with E-state index in [-0.39, 0.29) is 5.41 Å². The first-order valence-electron chi connectivity index (χ1n) is 9.89. The van der Waals surface area contributed by atoms with E-state index < -0.39 is 0 Å². The van der Waals surface area contributed by atoms with Gasteiger partial charge in [-0.15, -0.1) is 0 Å². The Morgan fingerprint density at radius 2 is 1.83 bits per heavy atom. The molecular weight excluding hydrogens is 288 g/mol. The highest BCUT2D eigenvalue weighted by molar-refractivity contribution is 5.51. The molecule has 0 heteroatoms. The number of allylic oxidation sites excluding steroid dienone is 8. The van der Waals surface area contributed by atoms with Crippen molar-refractivity contribution in [3.8, 4) is 0 Å². The van der Waals surface area contributed by atoms with Crippen LogP contribution in [0.4, 0.5) is 0 Å². The minimum Gasteiger partial charge on any atom is -0.0853 e. The molecule has 2 aliphatic carbocycles.